The molecule has 0 unspecified atom stereocenters. The van der Waals surface area contributed by atoms with E-state index < -0.39 is 0 Å². The van der Waals surface area contributed by atoms with Crippen LogP contribution in [-0.4, -0.2) is 0 Å². The Balaban J connectivity index is 0.000000120. The van der Waals surface area contributed by atoms with Gasteiger partial charge in [0.25, 0.3) is 0 Å². The molecule has 624 valence electrons. The minimum Gasteiger partial charge on any atom is -0.0842 e. The van der Waals surface area contributed by atoms with Crippen molar-refractivity contribution in [2.75, 3.05) is 0 Å². The van der Waals surface area contributed by atoms with Crippen LogP contribution in [0, 0.1) is 0 Å². The molecule has 6 aliphatic carbocycles. The van der Waals surface area contributed by atoms with Crippen LogP contribution < -0.4 is 10.4 Å². The van der Waals surface area contributed by atoms with E-state index in [9.17, 15) is 0 Å². The van der Waals surface area contributed by atoms with Crippen LogP contribution in [-0.2, 0) is 70.6 Å². The van der Waals surface area contributed by atoms with E-state index in [2.05, 4.69) is 420 Å². The van der Waals surface area contributed by atoms with E-state index in [1.165, 1.54) is 254 Å². The molecule has 0 saturated carbocycles. The van der Waals surface area contributed by atoms with Gasteiger partial charge in [0.15, 0.2) is 5.22 Å². The predicted octanol–water partition coefficient (Wildman–Crippen LogP) is 32.9. The predicted molar refractivity (Wildman–Crippen MR) is 549 cm³/mol. The van der Waals surface area contributed by atoms with E-state index >= 15 is 0 Å². The molecule has 0 aliphatic heterocycles. The van der Waals surface area contributed by atoms with E-state index in [4.69, 9.17) is 0 Å². The first-order valence-corrected chi connectivity index (χ1v) is 46.1. The largest absolute Gasteiger partial charge is 0.155 e. The van der Waals surface area contributed by atoms with Crippen molar-refractivity contribution in [1.29, 1.82) is 0 Å². The van der Waals surface area contributed by atoms with Crippen molar-refractivity contribution in [3.63, 3.8) is 0 Å². The Morgan fingerprint density at radius 3 is 1.03 bits per heavy atom. The van der Waals surface area contributed by atoms with Crippen LogP contribution in [0.15, 0.2) is 406 Å². The third kappa shape index (κ3) is 24.3. The molecule has 0 heteroatoms. The molecule has 0 bridgehead atoms. The maximum absolute atomic E-state index is 3.24. The fourth-order valence-electron chi connectivity index (χ4n) is 18.4. The number of rotatable bonds is 5. The van der Waals surface area contributed by atoms with Crippen molar-refractivity contribution in [1.82, 2.24) is 0 Å². The average molecular weight is 1630 g/mol. The summed E-state index contributed by atoms with van der Waals surface area (Å²) in [6.07, 6.45) is 42.7. The molecule has 6 aliphatic rings. The summed E-state index contributed by atoms with van der Waals surface area (Å²) in [4.78, 5) is 0. The second-order valence-corrected chi connectivity index (χ2v) is 33.3. The average Bonchev–Trinajstić information content (AvgIpc) is 0.821. The van der Waals surface area contributed by atoms with Crippen LogP contribution in [0.1, 0.15) is 160 Å². The summed E-state index contributed by atoms with van der Waals surface area (Å²) in [6, 6.07) is 138. The fraction of sp³-hybridized carbons (Fsp3) is 0.200. The first-order valence-electron chi connectivity index (χ1n) is 46.1. The number of unbranched alkanes of at least 4 members (excludes halogenated alkanes) is 1. The Bertz CT molecular complexity index is 6270. The lowest BCUT2D eigenvalue weighted by molar-refractivity contribution is 0.640. The molecule has 18 aromatic rings. The van der Waals surface area contributed by atoms with E-state index in [1.807, 2.05) is 18.2 Å². The zero-order chi connectivity index (χ0) is 84.4. The second kappa shape index (κ2) is 47.0. The molecule has 0 saturated heterocycles. The zero-order valence-corrected chi connectivity index (χ0v) is 72.9. The van der Waals surface area contributed by atoms with Gasteiger partial charge in [-0.1, -0.05) is 410 Å². The minimum absolute atomic E-state index is 0. The highest BCUT2D eigenvalue weighted by molar-refractivity contribution is 6.08. The quantitative estimate of drug-likeness (QED) is 0.119. The van der Waals surface area contributed by atoms with E-state index in [0.717, 1.165) is 6.42 Å². The Hall–Kier alpha value is -13.1. The van der Waals surface area contributed by atoms with Gasteiger partial charge in [-0.25, -0.2) is 0 Å². The van der Waals surface area contributed by atoms with E-state index in [-0.39, 0.29) is 8.85 Å². The molecule has 0 N–H and O–H groups in total. The fourth-order valence-corrected chi connectivity index (χ4v) is 18.4. The molecule has 0 spiro atoms. The van der Waals surface area contributed by atoms with Gasteiger partial charge < -0.3 is 0 Å². The summed E-state index contributed by atoms with van der Waals surface area (Å²) >= 11 is 0. The molecule has 0 aromatic heterocycles. The zero-order valence-electron chi connectivity index (χ0n) is 72.9. The maximum Gasteiger partial charge on any atom is 0.155 e. The Morgan fingerprint density at radius 2 is 0.584 bits per heavy atom. The van der Waals surface area contributed by atoms with Gasteiger partial charge in [-0.3, -0.25) is 0 Å². The van der Waals surface area contributed by atoms with Crippen LogP contribution in [0.2, 0.25) is 0 Å². The summed E-state index contributed by atoms with van der Waals surface area (Å²) in [5, 5.41) is 21.2. The summed E-state index contributed by atoms with van der Waals surface area (Å²) in [7, 11) is 0. The molecular formula is C125H125+. The first-order chi connectivity index (χ1) is 61.5. The number of hydrogen-bond acceptors (Lipinski definition) is 0. The Kier molecular flexibility index (Phi) is 33.1. The molecule has 18 aromatic carbocycles. The molecule has 0 heterocycles. The topological polar surface area (TPSA) is 0 Å². The summed E-state index contributed by atoms with van der Waals surface area (Å²) < 4.78 is 0. The van der Waals surface area contributed by atoms with Crippen molar-refractivity contribution >= 4 is 93.6 Å². The van der Waals surface area contributed by atoms with Gasteiger partial charge in [0.2, 0.25) is 0 Å². The second-order valence-electron chi connectivity index (χ2n) is 33.3. The number of hydrogen-bond donors (Lipinski definition) is 0. The van der Waals surface area contributed by atoms with Crippen molar-refractivity contribution < 1.29 is 1.43 Å². The molecule has 0 nitrogen and oxygen atoms in total. The highest BCUT2D eigenvalue weighted by Gasteiger charge is 2.19. The van der Waals surface area contributed by atoms with Gasteiger partial charge in [-0.2, -0.15) is 0 Å². The summed E-state index contributed by atoms with van der Waals surface area (Å²) in [6.45, 7) is 4.36. The lowest BCUT2D eigenvalue weighted by Crippen LogP contribution is -2.25. The Labute approximate surface area is 747 Å². The van der Waals surface area contributed by atoms with Crippen molar-refractivity contribution in [2.45, 2.75) is 163 Å². The maximum atomic E-state index is 3.24. The first kappa shape index (κ1) is 88.2. The van der Waals surface area contributed by atoms with E-state index in [1.54, 1.807) is 44.5 Å². The minimum atomic E-state index is 0. The van der Waals surface area contributed by atoms with Crippen LogP contribution in [0.3, 0.4) is 0 Å². The highest BCUT2D eigenvalue weighted by atomic mass is 14.2. The van der Waals surface area contributed by atoms with Crippen molar-refractivity contribution in [3.05, 3.63) is 484 Å². The standard InChI is InChI=1S/C14H18.C14H14.C14H12.2C14H10.C14H9.C10H12.C10H8.C10H14.C10H12.CH4.H2/c6*1-3-7-13-11(5-1)9-10-12-6-2-4-8-14(12)13;2*1-2-6-10-8-4-3-7-9(10)5-1;2*1-2-3-7-10-8-5-4-6-9-10;;/h9-10H,1-8H2;1,3,5,7,9-10H,2,4,6,8H2;1-8H,9-10H2;2*1-10H;1-5,7-10H;1-2,5-6H,3-4,7-8H2;1-8H;4-6,8-9H,2-3,7H2,1H3;3-9H,2H2,1H3;1H4;1H/q;;;;;+1;;;;;;/b;;;;;;;;;7-3+;;. The van der Waals surface area contributed by atoms with Gasteiger partial charge in [-0.15, -0.1) is 0 Å². The number of benzene rings is 18. The number of aryl methyl sites for hydroxylation is 9. The highest BCUT2D eigenvalue weighted by Crippen LogP contribution is 2.35. The molecule has 24 rings (SSSR count). The normalized spacial score (nSPS) is 13.0. The van der Waals surface area contributed by atoms with Crippen LogP contribution in [0.25, 0.3) is 105 Å². The number of fused-ring (bicyclic) bond motifs is 20. The van der Waals surface area contributed by atoms with E-state index in [0.29, 0.717) is 0 Å². The van der Waals surface area contributed by atoms with Crippen LogP contribution in [0.4, 0.5) is 0 Å². The van der Waals surface area contributed by atoms with Gasteiger partial charge in [-0.05, 0) is 289 Å². The Morgan fingerprint density at radius 1 is 0.264 bits per heavy atom. The molecule has 125 heavy (non-hydrogen) atoms. The molecule has 0 amide bonds. The van der Waals surface area contributed by atoms with Gasteiger partial charge in [0.1, 0.15) is 0 Å². The summed E-state index contributed by atoms with van der Waals surface area (Å²) in [5.74, 6) is 0. The molecular weight excluding hydrogens is 1500 g/mol. The van der Waals surface area contributed by atoms with Gasteiger partial charge >= 0.3 is 0 Å². The molecule has 0 fully saturated rings. The smallest absolute Gasteiger partial charge is 0.0842 e. The lowest BCUT2D eigenvalue weighted by Gasteiger charge is -2.25. The SMILES string of the molecule is C.CC/C=C/c1ccccc1.CCCCc1ccccc1.[C+]1=c2ccc3ccccc3c2=CC=C1.[HH].c1cc2c(c3c1CCCC3)CCCC2.c1ccc2c(c1)CCCC2.c1ccc2c(c1)CCc1ccccc1-2.c1ccc2c(c1)ccc1ccccc12.c1ccc2c(c1)ccc1ccccc12.c1ccc2c3c(ccc2c1)CCCC3.c1ccc2ccccc2c1. The van der Waals surface area contributed by atoms with Crippen LogP contribution in [0.5, 0.6) is 0 Å². The summed E-state index contributed by atoms with van der Waals surface area (Å²) in [5.41, 5.74) is 21.7. The van der Waals surface area contributed by atoms with Crippen LogP contribution >= 0.6 is 0 Å². The van der Waals surface area contributed by atoms with Crippen molar-refractivity contribution in [3.8, 4) is 11.1 Å². The lowest BCUT2D eigenvalue weighted by atomic mass is 9.81. The molecule has 0 atom stereocenters. The number of allylic oxidation sites excluding steroid dienone is 3. The third-order valence-electron chi connectivity index (χ3n) is 24.9. The monoisotopic (exact) mass is 1630 g/mol. The third-order valence-corrected chi connectivity index (χ3v) is 24.9. The van der Waals surface area contributed by atoms with Crippen molar-refractivity contribution in [2.24, 2.45) is 0 Å². The molecule has 0 radical (unpaired) electrons. The van der Waals surface area contributed by atoms with Gasteiger partial charge in [0, 0.05) is 36.5 Å². The van der Waals surface area contributed by atoms with Gasteiger partial charge in [0.05, 0.1) is 11.3 Å².